The summed E-state index contributed by atoms with van der Waals surface area (Å²) in [6, 6.07) is 2.89. The molecule has 0 aliphatic rings. The van der Waals surface area contributed by atoms with Gasteiger partial charge in [-0.25, -0.2) is 4.39 Å². The maximum Gasteiger partial charge on any atom is 0.325 e. The molecule has 1 atom stereocenters. The third kappa shape index (κ3) is 2.79. The minimum absolute atomic E-state index is 0.243. The van der Waals surface area contributed by atoms with Gasteiger partial charge < -0.3 is 10.4 Å². The third-order valence-electron chi connectivity index (χ3n) is 2.14. The number of hydrogen-bond acceptors (Lipinski definition) is 2. The van der Waals surface area contributed by atoms with Gasteiger partial charge >= 0.3 is 5.97 Å². The first-order chi connectivity index (χ1) is 7.41. The Balaban J connectivity index is 2.81. The lowest BCUT2D eigenvalue weighted by atomic mass is 10.1. The highest BCUT2D eigenvalue weighted by atomic mass is 19.1. The highest BCUT2D eigenvalue weighted by Crippen LogP contribution is 2.09. The highest BCUT2D eigenvalue weighted by Gasteiger charge is 2.15. The lowest BCUT2D eigenvalue weighted by Gasteiger charge is -2.09. The standard InChI is InChI=1S/C11H12FNO3/c1-6-5-8(3-4-9(6)12)10(14)13-7(2)11(15)16/h3-5,7H,1-2H3,(H,13,14)(H,15,16)/t7-/m0/s1. The second-order valence-electron chi connectivity index (χ2n) is 3.50. The Hall–Kier alpha value is -1.91. The van der Waals surface area contributed by atoms with Crippen molar-refractivity contribution in [2.45, 2.75) is 19.9 Å². The number of halogens is 1. The van der Waals surface area contributed by atoms with Gasteiger partial charge in [-0.05, 0) is 37.6 Å². The van der Waals surface area contributed by atoms with Crippen molar-refractivity contribution in [3.05, 3.63) is 35.1 Å². The first kappa shape index (κ1) is 12.2. The Morgan fingerprint density at radius 3 is 2.56 bits per heavy atom. The number of carbonyl (C=O) groups excluding carboxylic acids is 1. The second kappa shape index (κ2) is 4.74. The van der Waals surface area contributed by atoms with Crippen molar-refractivity contribution in [2.75, 3.05) is 0 Å². The van der Waals surface area contributed by atoms with Crippen LogP contribution in [0.5, 0.6) is 0 Å². The largest absolute Gasteiger partial charge is 0.480 e. The van der Waals surface area contributed by atoms with E-state index in [1.807, 2.05) is 0 Å². The molecule has 2 N–H and O–H groups in total. The van der Waals surface area contributed by atoms with E-state index in [4.69, 9.17) is 5.11 Å². The molecule has 1 aromatic rings. The first-order valence-electron chi connectivity index (χ1n) is 4.71. The summed E-state index contributed by atoms with van der Waals surface area (Å²) >= 11 is 0. The predicted molar refractivity (Wildman–Crippen MR) is 55.7 cm³/mol. The van der Waals surface area contributed by atoms with E-state index >= 15 is 0 Å². The van der Waals surface area contributed by atoms with E-state index < -0.39 is 23.7 Å². The summed E-state index contributed by atoms with van der Waals surface area (Å²) in [7, 11) is 0. The van der Waals surface area contributed by atoms with Crippen molar-refractivity contribution in [2.24, 2.45) is 0 Å². The molecule has 4 nitrogen and oxygen atoms in total. The van der Waals surface area contributed by atoms with Gasteiger partial charge in [0.1, 0.15) is 11.9 Å². The smallest absolute Gasteiger partial charge is 0.325 e. The zero-order valence-electron chi connectivity index (χ0n) is 8.95. The molecule has 1 aromatic carbocycles. The molecule has 1 rings (SSSR count). The van der Waals surface area contributed by atoms with E-state index in [1.165, 1.54) is 32.0 Å². The average Bonchev–Trinajstić information content (AvgIpc) is 2.21. The molecule has 0 saturated carbocycles. The zero-order valence-corrected chi connectivity index (χ0v) is 8.95. The van der Waals surface area contributed by atoms with E-state index in [2.05, 4.69) is 5.32 Å². The number of aryl methyl sites for hydroxylation is 1. The Labute approximate surface area is 92.1 Å². The van der Waals surface area contributed by atoms with Crippen LogP contribution in [0.3, 0.4) is 0 Å². The molecule has 0 bridgehead atoms. The zero-order chi connectivity index (χ0) is 12.3. The summed E-state index contributed by atoms with van der Waals surface area (Å²) in [6.45, 7) is 2.89. The molecule has 1 amide bonds. The number of benzene rings is 1. The van der Waals surface area contributed by atoms with Crippen LogP contribution in [0.4, 0.5) is 4.39 Å². The Bertz CT molecular complexity index is 431. The molecule has 0 heterocycles. The van der Waals surface area contributed by atoms with Crippen LogP contribution in [0.25, 0.3) is 0 Å². The number of carbonyl (C=O) groups is 2. The van der Waals surface area contributed by atoms with E-state index in [0.717, 1.165) is 0 Å². The molecule has 0 fully saturated rings. The van der Waals surface area contributed by atoms with Gasteiger partial charge in [-0.3, -0.25) is 9.59 Å². The van der Waals surface area contributed by atoms with E-state index in [1.54, 1.807) is 0 Å². The molecule has 5 heteroatoms. The molecule has 0 aromatic heterocycles. The van der Waals surface area contributed by atoms with Gasteiger partial charge in [0.15, 0.2) is 0 Å². The van der Waals surface area contributed by atoms with Crippen molar-refractivity contribution in [1.82, 2.24) is 5.32 Å². The lowest BCUT2D eigenvalue weighted by Crippen LogP contribution is -2.38. The van der Waals surface area contributed by atoms with Crippen molar-refractivity contribution >= 4 is 11.9 Å². The van der Waals surface area contributed by atoms with Gasteiger partial charge in [-0.2, -0.15) is 0 Å². The first-order valence-corrected chi connectivity index (χ1v) is 4.71. The topological polar surface area (TPSA) is 66.4 Å². The van der Waals surface area contributed by atoms with Crippen LogP contribution in [-0.2, 0) is 4.79 Å². The molecule has 0 spiro atoms. The number of aliphatic carboxylic acids is 1. The van der Waals surface area contributed by atoms with Gasteiger partial charge in [-0.1, -0.05) is 0 Å². The van der Waals surface area contributed by atoms with Crippen molar-refractivity contribution < 1.29 is 19.1 Å². The molecular formula is C11H12FNO3. The molecule has 0 saturated heterocycles. The molecular weight excluding hydrogens is 213 g/mol. The van der Waals surface area contributed by atoms with Gasteiger partial charge in [0.05, 0.1) is 0 Å². The van der Waals surface area contributed by atoms with Gasteiger partial charge in [0, 0.05) is 5.56 Å². The fourth-order valence-corrected chi connectivity index (χ4v) is 1.13. The van der Waals surface area contributed by atoms with Crippen LogP contribution >= 0.6 is 0 Å². The summed E-state index contributed by atoms with van der Waals surface area (Å²) in [4.78, 5) is 22.0. The minimum atomic E-state index is -1.12. The van der Waals surface area contributed by atoms with Gasteiger partial charge in [0.2, 0.25) is 0 Å². The molecule has 86 valence electrons. The number of hydrogen-bond donors (Lipinski definition) is 2. The van der Waals surface area contributed by atoms with Crippen LogP contribution < -0.4 is 5.32 Å². The number of nitrogens with one attached hydrogen (secondary N) is 1. The minimum Gasteiger partial charge on any atom is -0.480 e. The second-order valence-corrected chi connectivity index (χ2v) is 3.50. The predicted octanol–water partition coefficient (Wildman–Crippen LogP) is 1.34. The fourth-order valence-electron chi connectivity index (χ4n) is 1.13. The summed E-state index contributed by atoms with van der Waals surface area (Å²) in [5, 5.41) is 10.9. The summed E-state index contributed by atoms with van der Waals surface area (Å²) in [5.74, 6) is -2.05. The van der Waals surface area contributed by atoms with Gasteiger partial charge in [-0.15, -0.1) is 0 Å². The van der Waals surface area contributed by atoms with Crippen LogP contribution in [-0.4, -0.2) is 23.0 Å². The Kier molecular flexibility index (Phi) is 3.60. The Morgan fingerprint density at radius 1 is 1.44 bits per heavy atom. The average molecular weight is 225 g/mol. The lowest BCUT2D eigenvalue weighted by molar-refractivity contribution is -0.138. The van der Waals surface area contributed by atoms with Crippen LogP contribution in [0.1, 0.15) is 22.8 Å². The van der Waals surface area contributed by atoms with Crippen LogP contribution in [0, 0.1) is 12.7 Å². The molecule has 0 aliphatic carbocycles. The van der Waals surface area contributed by atoms with E-state index in [0.29, 0.717) is 5.56 Å². The SMILES string of the molecule is Cc1cc(C(=O)N[C@@H](C)C(=O)O)ccc1F. The highest BCUT2D eigenvalue weighted by molar-refractivity contribution is 5.96. The molecule has 0 unspecified atom stereocenters. The monoisotopic (exact) mass is 225 g/mol. The summed E-state index contributed by atoms with van der Waals surface area (Å²) in [6.07, 6.45) is 0. The van der Waals surface area contributed by atoms with E-state index in [9.17, 15) is 14.0 Å². The van der Waals surface area contributed by atoms with Crippen LogP contribution in [0.15, 0.2) is 18.2 Å². The van der Waals surface area contributed by atoms with Gasteiger partial charge in [0.25, 0.3) is 5.91 Å². The summed E-state index contributed by atoms with van der Waals surface area (Å²) < 4.78 is 12.9. The number of carboxylic acid groups (broad SMARTS) is 1. The third-order valence-corrected chi connectivity index (χ3v) is 2.14. The fraction of sp³-hybridized carbons (Fsp3) is 0.273. The van der Waals surface area contributed by atoms with Crippen molar-refractivity contribution in [3.63, 3.8) is 0 Å². The van der Waals surface area contributed by atoms with Crippen molar-refractivity contribution in [3.8, 4) is 0 Å². The van der Waals surface area contributed by atoms with Crippen LogP contribution in [0.2, 0.25) is 0 Å². The normalized spacial score (nSPS) is 11.9. The number of rotatable bonds is 3. The van der Waals surface area contributed by atoms with E-state index in [-0.39, 0.29) is 5.56 Å². The maximum absolute atomic E-state index is 12.9. The number of carboxylic acids is 1. The molecule has 16 heavy (non-hydrogen) atoms. The maximum atomic E-state index is 12.9. The Morgan fingerprint density at radius 2 is 2.06 bits per heavy atom. The number of amides is 1. The molecule has 0 aliphatic heterocycles. The van der Waals surface area contributed by atoms with Crippen molar-refractivity contribution in [1.29, 1.82) is 0 Å². The summed E-state index contributed by atoms with van der Waals surface area (Å²) in [5.41, 5.74) is 0.586. The quantitative estimate of drug-likeness (QED) is 0.815. The molecule has 0 radical (unpaired) electrons.